The lowest BCUT2D eigenvalue weighted by atomic mass is 10.2. The molecule has 0 saturated carbocycles. The van der Waals surface area contributed by atoms with Crippen LogP contribution in [-0.2, 0) is 11.2 Å². The third-order valence-corrected chi connectivity index (χ3v) is 1.90. The molecule has 1 aromatic rings. The molecule has 0 radical (unpaired) electrons. The van der Waals surface area contributed by atoms with Crippen LogP contribution in [0, 0.1) is 0 Å². The highest BCUT2D eigenvalue weighted by atomic mass is 16.5. The highest BCUT2D eigenvalue weighted by Gasteiger charge is 2.14. The molecular formula is C10H13NO3. The molecule has 0 aromatic carbocycles. The smallest absolute Gasteiger partial charge is 0.339 e. The summed E-state index contributed by atoms with van der Waals surface area (Å²) in [5.74, 6) is -0.381. The van der Waals surface area contributed by atoms with Crippen molar-refractivity contribution >= 4 is 12.3 Å². The summed E-state index contributed by atoms with van der Waals surface area (Å²) in [6.45, 7) is 3.99. The van der Waals surface area contributed by atoms with Gasteiger partial charge in [0.25, 0.3) is 0 Å². The fraction of sp³-hybridized carbons (Fsp3) is 0.400. The van der Waals surface area contributed by atoms with E-state index in [-0.39, 0.29) is 5.97 Å². The Bertz CT molecular complexity index is 341. The van der Waals surface area contributed by atoms with Gasteiger partial charge in [-0.15, -0.1) is 0 Å². The number of aryl methyl sites for hydroxylation is 1. The summed E-state index contributed by atoms with van der Waals surface area (Å²) in [5, 5.41) is 0. The van der Waals surface area contributed by atoms with Gasteiger partial charge in [-0.25, -0.2) is 4.79 Å². The Morgan fingerprint density at radius 3 is 2.79 bits per heavy atom. The molecule has 0 amide bonds. The number of nitrogens with one attached hydrogen (secondary N) is 1. The van der Waals surface area contributed by atoms with E-state index < -0.39 is 0 Å². The van der Waals surface area contributed by atoms with Crippen LogP contribution in [0.1, 0.15) is 40.4 Å². The molecule has 14 heavy (non-hydrogen) atoms. The zero-order chi connectivity index (χ0) is 10.6. The lowest BCUT2D eigenvalue weighted by molar-refractivity contribution is 0.0525. The summed E-state index contributed by atoms with van der Waals surface area (Å²) < 4.78 is 4.85. The van der Waals surface area contributed by atoms with Gasteiger partial charge in [0.2, 0.25) is 0 Å². The van der Waals surface area contributed by atoms with Crippen LogP contribution in [0.25, 0.3) is 0 Å². The van der Waals surface area contributed by atoms with Crippen LogP contribution >= 0.6 is 0 Å². The number of aromatic amines is 1. The number of H-pyrrole nitrogens is 1. The van der Waals surface area contributed by atoms with Gasteiger partial charge in [-0.05, 0) is 19.4 Å². The van der Waals surface area contributed by atoms with Gasteiger partial charge in [-0.3, -0.25) is 4.79 Å². The van der Waals surface area contributed by atoms with Gasteiger partial charge in [-0.1, -0.05) is 6.92 Å². The molecule has 4 nitrogen and oxygen atoms in total. The molecule has 0 aliphatic heterocycles. The van der Waals surface area contributed by atoms with Crippen LogP contribution in [-0.4, -0.2) is 23.8 Å². The third-order valence-electron chi connectivity index (χ3n) is 1.90. The minimum Gasteiger partial charge on any atom is -0.462 e. The summed E-state index contributed by atoms with van der Waals surface area (Å²) in [6, 6.07) is 1.52. The second-order valence-corrected chi connectivity index (χ2v) is 2.81. The maximum absolute atomic E-state index is 11.4. The van der Waals surface area contributed by atoms with Crippen molar-refractivity contribution in [3.8, 4) is 0 Å². The first kappa shape index (κ1) is 10.5. The maximum Gasteiger partial charge on any atom is 0.339 e. The van der Waals surface area contributed by atoms with E-state index in [9.17, 15) is 9.59 Å². The number of aromatic nitrogens is 1. The van der Waals surface area contributed by atoms with Gasteiger partial charge in [0, 0.05) is 5.69 Å². The van der Waals surface area contributed by atoms with Crippen LogP contribution in [0.2, 0.25) is 0 Å². The Morgan fingerprint density at radius 1 is 1.57 bits per heavy atom. The average Bonchev–Trinajstić information content (AvgIpc) is 2.61. The van der Waals surface area contributed by atoms with Crippen molar-refractivity contribution in [2.45, 2.75) is 20.3 Å². The average molecular weight is 195 g/mol. The molecule has 4 heteroatoms. The molecule has 0 unspecified atom stereocenters. The first-order valence-electron chi connectivity index (χ1n) is 4.57. The van der Waals surface area contributed by atoms with Crippen LogP contribution in [0.15, 0.2) is 6.07 Å². The Labute approximate surface area is 82.3 Å². The van der Waals surface area contributed by atoms with E-state index in [4.69, 9.17) is 4.74 Å². The van der Waals surface area contributed by atoms with E-state index in [1.807, 2.05) is 6.92 Å². The molecule has 1 heterocycles. The SMILES string of the molecule is CCOC(=O)c1cc(C=O)[nH]c1CC. The molecular weight excluding hydrogens is 182 g/mol. The summed E-state index contributed by atoms with van der Waals surface area (Å²) in [4.78, 5) is 24.7. The predicted molar refractivity (Wildman–Crippen MR) is 51.5 cm³/mol. The number of rotatable bonds is 4. The second kappa shape index (κ2) is 4.60. The van der Waals surface area contributed by atoms with Gasteiger partial charge >= 0.3 is 5.97 Å². The number of aldehydes is 1. The van der Waals surface area contributed by atoms with Crippen molar-refractivity contribution in [3.05, 3.63) is 23.0 Å². The minimum absolute atomic E-state index is 0.337. The third kappa shape index (κ3) is 2.02. The molecule has 76 valence electrons. The summed E-state index contributed by atoms with van der Waals surface area (Å²) in [7, 11) is 0. The molecule has 0 spiro atoms. The normalized spacial score (nSPS) is 9.86. The van der Waals surface area contributed by atoms with E-state index >= 15 is 0 Å². The van der Waals surface area contributed by atoms with E-state index in [0.29, 0.717) is 30.6 Å². The molecule has 0 bridgehead atoms. The van der Waals surface area contributed by atoms with Gasteiger partial charge in [0.1, 0.15) is 0 Å². The molecule has 1 rings (SSSR count). The van der Waals surface area contributed by atoms with Crippen molar-refractivity contribution in [2.24, 2.45) is 0 Å². The number of esters is 1. The van der Waals surface area contributed by atoms with Crippen molar-refractivity contribution in [1.82, 2.24) is 4.98 Å². The van der Waals surface area contributed by atoms with E-state index in [2.05, 4.69) is 4.98 Å². The highest BCUT2D eigenvalue weighted by molar-refractivity contribution is 5.93. The summed E-state index contributed by atoms with van der Waals surface area (Å²) in [5.41, 5.74) is 1.60. The lowest BCUT2D eigenvalue weighted by Gasteiger charge is -2.00. The van der Waals surface area contributed by atoms with E-state index in [1.165, 1.54) is 6.07 Å². The molecule has 0 fully saturated rings. The standard InChI is InChI=1S/C10H13NO3/c1-3-9-8(10(13)14-4-2)5-7(6-12)11-9/h5-6,11H,3-4H2,1-2H3. The van der Waals surface area contributed by atoms with Crippen molar-refractivity contribution in [3.63, 3.8) is 0 Å². The zero-order valence-electron chi connectivity index (χ0n) is 8.29. The number of hydrogen-bond donors (Lipinski definition) is 1. The predicted octanol–water partition coefficient (Wildman–Crippen LogP) is 1.57. The Kier molecular flexibility index (Phi) is 3.45. The minimum atomic E-state index is -0.381. The van der Waals surface area contributed by atoms with Gasteiger partial charge in [0.15, 0.2) is 6.29 Å². The molecule has 0 saturated heterocycles. The molecule has 0 atom stereocenters. The number of hydrogen-bond acceptors (Lipinski definition) is 3. The van der Waals surface area contributed by atoms with Gasteiger partial charge < -0.3 is 9.72 Å². The number of carbonyl (C=O) groups is 2. The Morgan fingerprint density at radius 2 is 2.29 bits per heavy atom. The van der Waals surface area contributed by atoms with E-state index in [0.717, 1.165) is 5.69 Å². The van der Waals surface area contributed by atoms with Crippen LogP contribution in [0.3, 0.4) is 0 Å². The van der Waals surface area contributed by atoms with Crippen molar-refractivity contribution in [1.29, 1.82) is 0 Å². The molecule has 0 aliphatic rings. The largest absolute Gasteiger partial charge is 0.462 e. The topological polar surface area (TPSA) is 59.2 Å². The number of ether oxygens (including phenoxy) is 1. The van der Waals surface area contributed by atoms with Crippen molar-refractivity contribution < 1.29 is 14.3 Å². The van der Waals surface area contributed by atoms with E-state index in [1.54, 1.807) is 6.92 Å². The van der Waals surface area contributed by atoms with Crippen molar-refractivity contribution in [2.75, 3.05) is 6.61 Å². The first-order chi connectivity index (χ1) is 6.72. The quantitative estimate of drug-likeness (QED) is 0.586. The Hall–Kier alpha value is -1.58. The molecule has 1 N–H and O–H groups in total. The highest BCUT2D eigenvalue weighted by Crippen LogP contribution is 2.12. The van der Waals surface area contributed by atoms with Gasteiger partial charge in [0.05, 0.1) is 17.9 Å². The maximum atomic E-state index is 11.4. The second-order valence-electron chi connectivity index (χ2n) is 2.81. The fourth-order valence-corrected chi connectivity index (χ4v) is 1.25. The fourth-order valence-electron chi connectivity index (χ4n) is 1.25. The van der Waals surface area contributed by atoms with Crippen LogP contribution in [0.5, 0.6) is 0 Å². The zero-order valence-corrected chi connectivity index (χ0v) is 8.29. The molecule has 1 aromatic heterocycles. The van der Waals surface area contributed by atoms with Gasteiger partial charge in [-0.2, -0.15) is 0 Å². The molecule has 0 aliphatic carbocycles. The first-order valence-corrected chi connectivity index (χ1v) is 4.57. The Balaban J connectivity index is 2.99. The summed E-state index contributed by atoms with van der Waals surface area (Å²) in [6.07, 6.45) is 1.35. The number of carbonyl (C=O) groups excluding carboxylic acids is 2. The van der Waals surface area contributed by atoms with Crippen LogP contribution < -0.4 is 0 Å². The monoisotopic (exact) mass is 195 g/mol. The van der Waals surface area contributed by atoms with Crippen LogP contribution in [0.4, 0.5) is 0 Å². The summed E-state index contributed by atoms with van der Waals surface area (Å²) >= 11 is 0. The lowest BCUT2D eigenvalue weighted by Crippen LogP contribution is -2.05.